The van der Waals surface area contributed by atoms with Crippen molar-refractivity contribution in [2.45, 2.75) is 84.2 Å². The van der Waals surface area contributed by atoms with Crippen LogP contribution in [0.1, 0.15) is 83.1 Å². The van der Waals surface area contributed by atoms with Crippen molar-refractivity contribution in [1.82, 2.24) is 0 Å². The first-order chi connectivity index (χ1) is 13.2. The molecule has 0 aromatic heterocycles. The number of aliphatic carboxylic acids is 1. The first kappa shape index (κ1) is 23.2. The molecule has 1 N–H and O–H groups in total. The molecule has 0 saturated heterocycles. The Balaban J connectivity index is 2.28. The van der Waals surface area contributed by atoms with Crippen LogP contribution in [0.5, 0.6) is 0 Å². The first-order valence-electron chi connectivity index (χ1n) is 10.5. The zero-order chi connectivity index (χ0) is 19.6. The molecule has 3 nitrogen and oxygen atoms in total. The maximum absolute atomic E-state index is 10.7. The highest BCUT2D eigenvalue weighted by molar-refractivity contribution is 5.68. The van der Waals surface area contributed by atoms with E-state index in [0.717, 1.165) is 24.0 Å². The lowest BCUT2D eigenvalue weighted by molar-refractivity contribution is -0.135. The molecule has 1 aromatic rings. The molecule has 150 valence electrons. The molecular formula is C24H36O3. The van der Waals surface area contributed by atoms with Crippen LogP contribution in [0, 0.1) is 0 Å². The molecule has 0 heterocycles. The SMILES string of the molecule is CCCCCCCCCCCC(=C=CCC(=O)O)COCc1ccccc1. The van der Waals surface area contributed by atoms with E-state index in [4.69, 9.17) is 9.84 Å². The van der Waals surface area contributed by atoms with Gasteiger partial charge in [-0.15, -0.1) is 5.73 Å². The second-order valence-electron chi connectivity index (χ2n) is 7.11. The summed E-state index contributed by atoms with van der Waals surface area (Å²) in [6.07, 6.45) is 14.2. The second kappa shape index (κ2) is 16.4. The van der Waals surface area contributed by atoms with Crippen LogP contribution >= 0.6 is 0 Å². The topological polar surface area (TPSA) is 46.5 Å². The van der Waals surface area contributed by atoms with Crippen LogP contribution in [-0.4, -0.2) is 17.7 Å². The molecular weight excluding hydrogens is 336 g/mol. The van der Waals surface area contributed by atoms with Gasteiger partial charge in [-0.25, -0.2) is 0 Å². The van der Waals surface area contributed by atoms with Gasteiger partial charge >= 0.3 is 5.97 Å². The summed E-state index contributed by atoms with van der Waals surface area (Å²) in [7, 11) is 0. The lowest BCUT2D eigenvalue weighted by atomic mass is 10.0. The normalized spacial score (nSPS) is 10.4. The smallest absolute Gasteiger partial charge is 0.307 e. The molecule has 0 aliphatic heterocycles. The third-order valence-corrected chi connectivity index (χ3v) is 4.55. The third-order valence-electron chi connectivity index (χ3n) is 4.55. The molecule has 0 fully saturated rings. The van der Waals surface area contributed by atoms with Gasteiger partial charge in [0.15, 0.2) is 0 Å². The maximum Gasteiger partial charge on any atom is 0.307 e. The van der Waals surface area contributed by atoms with Crippen molar-refractivity contribution in [3.05, 3.63) is 53.3 Å². The van der Waals surface area contributed by atoms with Crippen molar-refractivity contribution in [1.29, 1.82) is 0 Å². The van der Waals surface area contributed by atoms with Crippen molar-refractivity contribution in [3.63, 3.8) is 0 Å². The average Bonchev–Trinajstić information content (AvgIpc) is 2.67. The fourth-order valence-electron chi connectivity index (χ4n) is 2.98. The van der Waals surface area contributed by atoms with E-state index in [-0.39, 0.29) is 6.42 Å². The Morgan fingerprint density at radius 2 is 1.63 bits per heavy atom. The molecule has 3 heteroatoms. The quantitative estimate of drug-likeness (QED) is 0.260. The first-order valence-corrected chi connectivity index (χ1v) is 10.5. The minimum Gasteiger partial charge on any atom is -0.481 e. The van der Waals surface area contributed by atoms with Gasteiger partial charge in [0, 0.05) is 0 Å². The number of carboxylic acids is 1. The highest BCUT2D eigenvalue weighted by Crippen LogP contribution is 2.14. The molecule has 0 aliphatic rings. The maximum atomic E-state index is 10.7. The van der Waals surface area contributed by atoms with Gasteiger partial charge in [-0.1, -0.05) is 88.6 Å². The fraction of sp³-hybridized carbons (Fsp3) is 0.583. The Labute approximate surface area is 165 Å². The Kier molecular flexibility index (Phi) is 14.1. The van der Waals surface area contributed by atoms with Gasteiger partial charge in [0.05, 0.1) is 19.6 Å². The Hall–Kier alpha value is -1.83. The van der Waals surface area contributed by atoms with Crippen LogP contribution in [0.3, 0.4) is 0 Å². The van der Waals surface area contributed by atoms with E-state index in [1.54, 1.807) is 6.08 Å². The highest BCUT2D eigenvalue weighted by Gasteiger charge is 2.00. The molecule has 27 heavy (non-hydrogen) atoms. The number of hydrogen-bond donors (Lipinski definition) is 1. The fourth-order valence-corrected chi connectivity index (χ4v) is 2.98. The summed E-state index contributed by atoms with van der Waals surface area (Å²) < 4.78 is 5.81. The summed E-state index contributed by atoms with van der Waals surface area (Å²) in [6, 6.07) is 10.1. The second-order valence-corrected chi connectivity index (χ2v) is 7.11. The standard InChI is InChI=1S/C24H36O3/c1-2-3-4-5-6-7-8-9-11-15-23(18-14-19-24(25)26)21-27-20-22-16-12-10-13-17-22/h10,12-14,16-17H,2-9,11,15,19-21H2,1H3,(H,25,26). The number of unbranched alkanes of at least 4 members (excludes halogenated alkanes) is 8. The lowest BCUT2D eigenvalue weighted by Gasteiger charge is -2.07. The Bertz CT molecular complexity index is 556. The van der Waals surface area contributed by atoms with E-state index in [0.29, 0.717) is 13.2 Å². The molecule has 0 spiro atoms. The number of ether oxygens (including phenoxy) is 1. The number of carboxylic acid groups (broad SMARTS) is 1. The molecule has 0 saturated carbocycles. The summed E-state index contributed by atoms with van der Waals surface area (Å²) in [5, 5.41) is 8.79. The number of carbonyl (C=O) groups is 1. The molecule has 0 bridgehead atoms. The van der Waals surface area contributed by atoms with Crippen molar-refractivity contribution in [2.75, 3.05) is 6.61 Å². The third kappa shape index (κ3) is 14.0. The summed E-state index contributed by atoms with van der Waals surface area (Å²) in [5.74, 6) is -0.824. The molecule has 0 atom stereocenters. The van der Waals surface area contributed by atoms with Gasteiger partial charge in [-0.2, -0.15) is 0 Å². The van der Waals surface area contributed by atoms with E-state index < -0.39 is 5.97 Å². The number of benzene rings is 1. The van der Waals surface area contributed by atoms with E-state index in [9.17, 15) is 4.79 Å². The van der Waals surface area contributed by atoms with Crippen molar-refractivity contribution < 1.29 is 14.6 Å². The van der Waals surface area contributed by atoms with Gasteiger partial charge in [0.2, 0.25) is 0 Å². The Morgan fingerprint density at radius 1 is 1.00 bits per heavy atom. The van der Waals surface area contributed by atoms with Crippen molar-refractivity contribution >= 4 is 5.97 Å². The zero-order valence-corrected chi connectivity index (χ0v) is 16.9. The van der Waals surface area contributed by atoms with Gasteiger partial charge in [0.1, 0.15) is 0 Å². The monoisotopic (exact) mass is 372 g/mol. The number of hydrogen-bond acceptors (Lipinski definition) is 2. The van der Waals surface area contributed by atoms with Crippen LogP contribution < -0.4 is 0 Å². The minimum atomic E-state index is -0.824. The number of rotatable bonds is 16. The molecule has 1 rings (SSSR count). The summed E-state index contributed by atoms with van der Waals surface area (Å²) in [6.45, 7) is 3.34. The predicted molar refractivity (Wildman–Crippen MR) is 112 cm³/mol. The van der Waals surface area contributed by atoms with Gasteiger partial charge in [-0.05, 0) is 30.1 Å². The molecule has 0 aliphatic carbocycles. The summed E-state index contributed by atoms with van der Waals surface area (Å²) in [5.41, 5.74) is 5.36. The summed E-state index contributed by atoms with van der Waals surface area (Å²) >= 11 is 0. The van der Waals surface area contributed by atoms with Gasteiger partial charge < -0.3 is 9.84 Å². The lowest BCUT2D eigenvalue weighted by Crippen LogP contribution is -1.99. The van der Waals surface area contributed by atoms with Crippen LogP contribution in [0.4, 0.5) is 0 Å². The van der Waals surface area contributed by atoms with E-state index >= 15 is 0 Å². The van der Waals surface area contributed by atoms with E-state index in [1.807, 2.05) is 30.3 Å². The average molecular weight is 373 g/mol. The van der Waals surface area contributed by atoms with Crippen molar-refractivity contribution in [2.24, 2.45) is 0 Å². The van der Waals surface area contributed by atoms with Gasteiger partial charge in [-0.3, -0.25) is 4.79 Å². The molecule has 0 amide bonds. The van der Waals surface area contributed by atoms with Crippen LogP contribution in [0.2, 0.25) is 0 Å². The van der Waals surface area contributed by atoms with E-state index in [1.165, 1.54) is 51.4 Å². The molecule has 0 unspecified atom stereocenters. The van der Waals surface area contributed by atoms with Crippen LogP contribution in [-0.2, 0) is 16.1 Å². The Morgan fingerprint density at radius 3 is 2.26 bits per heavy atom. The van der Waals surface area contributed by atoms with E-state index in [2.05, 4.69) is 12.7 Å². The van der Waals surface area contributed by atoms with Crippen LogP contribution in [0.15, 0.2) is 47.7 Å². The van der Waals surface area contributed by atoms with Crippen LogP contribution in [0.25, 0.3) is 0 Å². The molecule has 1 aromatic carbocycles. The largest absolute Gasteiger partial charge is 0.481 e. The molecule has 0 radical (unpaired) electrons. The zero-order valence-electron chi connectivity index (χ0n) is 16.9. The highest BCUT2D eigenvalue weighted by atomic mass is 16.5. The summed E-state index contributed by atoms with van der Waals surface area (Å²) in [4.78, 5) is 10.7. The predicted octanol–water partition coefficient (Wildman–Crippen LogP) is 6.68. The minimum absolute atomic E-state index is 0.0138. The van der Waals surface area contributed by atoms with Gasteiger partial charge in [0.25, 0.3) is 0 Å². The van der Waals surface area contributed by atoms with Crippen molar-refractivity contribution in [3.8, 4) is 0 Å².